The van der Waals surface area contributed by atoms with Crippen LogP contribution in [0.3, 0.4) is 0 Å². The van der Waals surface area contributed by atoms with Crippen LogP contribution in [0.2, 0.25) is 0 Å². The van der Waals surface area contributed by atoms with Gasteiger partial charge in [0.1, 0.15) is 0 Å². The number of carbonyl (C=O) groups excluding carboxylic acids is 1. The van der Waals surface area contributed by atoms with E-state index in [-0.39, 0.29) is 11.9 Å². The molecule has 0 radical (unpaired) electrons. The SMILES string of the molecule is NC(CNC(=O)Cc1cccc2ccccc12)C1CC1. The maximum atomic E-state index is 12.0. The zero-order valence-electron chi connectivity index (χ0n) is 11.5. The van der Waals surface area contributed by atoms with E-state index < -0.39 is 0 Å². The van der Waals surface area contributed by atoms with E-state index in [1.807, 2.05) is 24.3 Å². The predicted octanol–water partition coefficient (Wildman–Crippen LogP) is 2.24. The Morgan fingerprint density at radius 2 is 1.95 bits per heavy atom. The van der Waals surface area contributed by atoms with Gasteiger partial charge in [0.2, 0.25) is 5.91 Å². The summed E-state index contributed by atoms with van der Waals surface area (Å²) in [5, 5.41) is 5.28. The second kappa shape index (κ2) is 5.63. The van der Waals surface area contributed by atoms with Crippen molar-refractivity contribution in [1.82, 2.24) is 5.32 Å². The highest BCUT2D eigenvalue weighted by molar-refractivity contribution is 5.90. The van der Waals surface area contributed by atoms with Gasteiger partial charge in [0, 0.05) is 12.6 Å². The zero-order chi connectivity index (χ0) is 13.9. The summed E-state index contributed by atoms with van der Waals surface area (Å²) in [7, 11) is 0. The minimum atomic E-state index is 0.0532. The lowest BCUT2D eigenvalue weighted by molar-refractivity contribution is -0.120. The van der Waals surface area contributed by atoms with Crippen molar-refractivity contribution in [3.05, 3.63) is 48.0 Å². The van der Waals surface area contributed by atoms with Gasteiger partial charge in [0.15, 0.2) is 0 Å². The first-order valence-corrected chi connectivity index (χ1v) is 7.23. The molecule has 0 saturated heterocycles. The van der Waals surface area contributed by atoms with Crippen LogP contribution in [0.1, 0.15) is 18.4 Å². The average Bonchev–Trinajstić information content (AvgIpc) is 3.30. The Morgan fingerprint density at radius 3 is 2.75 bits per heavy atom. The van der Waals surface area contributed by atoms with Crippen molar-refractivity contribution >= 4 is 16.7 Å². The minimum absolute atomic E-state index is 0.0532. The van der Waals surface area contributed by atoms with Crippen LogP contribution in [0.15, 0.2) is 42.5 Å². The van der Waals surface area contributed by atoms with E-state index in [9.17, 15) is 4.79 Å². The molecule has 0 aromatic heterocycles. The molecule has 0 heterocycles. The lowest BCUT2D eigenvalue weighted by Crippen LogP contribution is -2.39. The summed E-state index contributed by atoms with van der Waals surface area (Å²) in [6.07, 6.45) is 2.83. The zero-order valence-corrected chi connectivity index (χ0v) is 11.5. The highest BCUT2D eigenvalue weighted by Gasteiger charge is 2.28. The van der Waals surface area contributed by atoms with E-state index in [2.05, 4.69) is 23.5 Å². The van der Waals surface area contributed by atoms with Gasteiger partial charge in [-0.25, -0.2) is 0 Å². The number of hydrogen-bond acceptors (Lipinski definition) is 2. The summed E-state index contributed by atoms with van der Waals surface area (Å²) in [5.41, 5.74) is 7.07. The molecule has 104 valence electrons. The summed E-state index contributed by atoms with van der Waals surface area (Å²) in [5.74, 6) is 0.672. The fourth-order valence-corrected chi connectivity index (χ4v) is 2.60. The molecule has 3 nitrogen and oxygen atoms in total. The average molecular weight is 268 g/mol. The van der Waals surface area contributed by atoms with E-state index in [1.54, 1.807) is 0 Å². The third kappa shape index (κ3) is 2.99. The molecular weight excluding hydrogens is 248 g/mol. The van der Waals surface area contributed by atoms with Gasteiger partial charge in [0.25, 0.3) is 0 Å². The summed E-state index contributed by atoms with van der Waals surface area (Å²) < 4.78 is 0. The Labute approximate surface area is 119 Å². The van der Waals surface area contributed by atoms with Crippen molar-refractivity contribution in [2.45, 2.75) is 25.3 Å². The van der Waals surface area contributed by atoms with Crippen LogP contribution in [0, 0.1) is 5.92 Å². The first-order chi connectivity index (χ1) is 9.74. The van der Waals surface area contributed by atoms with Crippen molar-refractivity contribution in [2.24, 2.45) is 11.7 Å². The number of benzene rings is 2. The largest absolute Gasteiger partial charge is 0.354 e. The number of amides is 1. The minimum Gasteiger partial charge on any atom is -0.354 e. The van der Waals surface area contributed by atoms with E-state index in [0.29, 0.717) is 18.9 Å². The second-order valence-corrected chi connectivity index (χ2v) is 5.62. The predicted molar refractivity (Wildman–Crippen MR) is 81.4 cm³/mol. The second-order valence-electron chi connectivity index (χ2n) is 5.62. The number of nitrogens with two attached hydrogens (primary N) is 1. The molecule has 0 spiro atoms. The molecule has 1 saturated carbocycles. The van der Waals surface area contributed by atoms with Crippen molar-refractivity contribution < 1.29 is 4.79 Å². The molecule has 0 aliphatic heterocycles. The maximum absolute atomic E-state index is 12.0. The van der Waals surface area contributed by atoms with Crippen LogP contribution in [-0.2, 0) is 11.2 Å². The number of carbonyl (C=O) groups is 1. The summed E-state index contributed by atoms with van der Waals surface area (Å²) in [6.45, 7) is 0.592. The van der Waals surface area contributed by atoms with Crippen molar-refractivity contribution in [3.63, 3.8) is 0 Å². The molecule has 1 amide bonds. The molecule has 3 rings (SSSR count). The van der Waals surface area contributed by atoms with Crippen LogP contribution in [-0.4, -0.2) is 18.5 Å². The van der Waals surface area contributed by atoms with Crippen molar-refractivity contribution in [1.29, 1.82) is 0 Å². The number of hydrogen-bond donors (Lipinski definition) is 2. The van der Waals surface area contributed by atoms with E-state index >= 15 is 0 Å². The van der Waals surface area contributed by atoms with Gasteiger partial charge in [0.05, 0.1) is 6.42 Å². The standard InChI is InChI=1S/C17H20N2O/c18-16(13-8-9-13)11-19-17(20)10-14-6-3-5-12-4-1-2-7-15(12)14/h1-7,13,16H,8-11,18H2,(H,19,20). The van der Waals surface area contributed by atoms with Crippen molar-refractivity contribution in [3.8, 4) is 0 Å². The van der Waals surface area contributed by atoms with Crippen molar-refractivity contribution in [2.75, 3.05) is 6.54 Å². The molecule has 20 heavy (non-hydrogen) atoms. The normalized spacial score (nSPS) is 16.1. The third-order valence-corrected chi connectivity index (χ3v) is 3.99. The highest BCUT2D eigenvalue weighted by atomic mass is 16.1. The molecule has 0 bridgehead atoms. The molecule has 1 atom stereocenters. The summed E-state index contributed by atoms with van der Waals surface area (Å²) in [6, 6.07) is 14.4. The Balaban J connectivity index is 1.64. The van der Waals surface area contributed by atoms with Crippen LogP contribution >= 0.6 is 0 Å². The first kappa shape index (κ1) is 13.1. The van der Waals surface area contributed by atoms with Gasteiger partial charge < -0.3 is 11.1 Å². The van der Waals surface area contributed by atoms with Gasteiger partial charge in [-0.1, -0.05) is 42.5 Å². The van der Waals surface area contributed by atoms with Gasteiger partial charge >= 0.3 is 0 Å². The monoisotopic (exact) mass is 268 g/mol. The van der Waals surface area contributed by atoms with Gasteiger partial charge in [-0.2, -0.15) is 0 Å². The van der Waals surface area contributed by atoms with E-state index in [4.69, 9.17) is 5.73 Å². The van der Waals surface area contributed by atoms with E-state index in [0.717, 1.165) is 10.9 Å². The van der Waals surface area contributed by atoms with Gasteiger partial charge in [-0.3, -0.25) is 4.79 Å². The van der Waals surface area contributed by atoms with Gasteiger partial charge in [-0.05, 0) is 35.1 Å². The number of nitrogens with one attached hydrogen (secondary N) is 1. The Kier molecular flexibility index (Phi) is 3.70. The quantitative estimate of drug-likeness (QED) is 0.873. The lowest BCUT2D eigenvalue weighted by Gasteiger charge is -2.12. The molecule has 1 fully saturated rings. The summed E-state index contributed by atoms with van der Waals surface area (Å²) in [4.78, 5) is 12.0. The molecule has 2 aromatic carbocycles. The molecule has 1 unspecified atom stereocenters. The fraction of sp³-hybridized carbons (Fsp3) is 0.353. The fourth-order valence-electron chi connectivity index (χ4n) is 2.60. The Hall–Kier alpha value is -1.87. The van der Waals surface area contributed by atoms with Crippen LogP contribution < -0.4 is 11.1 Å². The Morgan fingerprint density at radius 1 is 1.20 bits per heavy atom. The van der Waals surface area contributed by atoms with Crippen LogP contribution in [0.25, 0.3) is 10.8 Å². The highest BCUT2D eigenvalue weighted by Crippen LogP contribution is 2.31. The number of rotatable bonds is 5. The summed E-state index contributed by atoms with van der Waals surface area (Å²) >= 11 is 0. The molecular formula is C17H20N2O. The topological polar surface area (TPSA) is 55.1 Å². The van der Waals surface area contributed by atoms with Crippen LogP contribution in [0.4, 0.5) is 0 Å². The third-order valence-electron chi connectivity index (χ3n) is 3.99. The van der Waals surface area contributed by atoms with Gasteiger partial charge in [-0.15, -0.1) is 0 Å². The lowest BCUT2D eigenvalue weighted by atomic mass is 10.0. The molecule has 1 aliphatic rings. The first-order valence-electron chi connectivity index (χ1n) is 7.23. The number of fused-ring (bicyclic) bond motifs is 1. The van der Waals surface area contributed by atoms with E-state index in [1.165, 1.54) is 18.2 Å². The molecule has 2 aromatic rings. The molecule has 3 N–H and O–H groups in total. The smallest absolute Gasteiger partial charge is 0.224 e. The van der Waals surface area contributed by atoms with Crippen LogP contribution in [0.5, 0.6) is 0 Å². The Bertz CT molecular complexity index is 614. The molecule has 1 aliphatic carbocycles. The maximum Gasteiger partial charge on any atom is 0.224 e. The molecule has 3 heteroatoms.